The molecule has 2 aliphatic carbocycles. The fourth-order valence-corrected chi connectivity index (χ4v) is 3.50. The first kappa shape index (κ1) is 15.5. The quantitative estimate of drug-likeness (QED) is 0.325. The summed E-state index contributed by atoms with van der Waals surface area (Å²) in [6.45, 7) is 1.99. The topological polar surface area (TPSA) is 83.8 Å². The molecule has 2 saturated carbocycles. The highest BCUT2D eigenvalue weighted by molar-refractivity contribution is 6.30. The first-order valence-corrected chi connectivity index (χ1v) is 8.67. The Balaban J connectivity index is 1.90. The summed E-state index contributed by atoms with van der Waals surface area (Å²) in [6, 6.07) is 1.82. The van der Waals surface area contributed by atoms with Gasteiger partial charge in [-0.3, -0.25) is 0 Å². The van der Waals surface area contributed by atoms with Crippen LogP contribution in [-0.2, 0) is 5.54 Å². The van der Waals surface area contributed by atoms with E-state index in [0.29, 0.717) is 17.0 Å². The van der Waals surface area contributed by atoms with Gasteiger partial charge in [-0.25, -0.2) is 9.97 Å². The summed E-state index contributed by atoms with van der Waals surface area (Å²) in [7, 11) is 0. The number of hydrogen-bond acceptors (Lipinski definition) is 4. The molecule has 0 spiro atoms. The lowest BCUT2D eigenvalue weighted by Crippen LogP contribution is -2.34. The summed E-state index contributed by atoms with van der Waals surface area (Å²) in [5, 5.41) is 6.30. The molecule has 2 aromatic rings. The first-order chi connectivity index (χ1) is 11.6. The van der Waals surface area contributed by atoms with E-state index >= 15 is 0 Å². The SMILES string of the molecule is C[C@](N=[N+]=[N-])(c1cnc(OC2CC2)c2cnc(Cl)cc12)C1CCC1. The van der Waals surface area contributed by atoms with E-state index in [1.54, 1.807) is 12.4 Å². The molecule has 2 aliphatic rings. The van der Waals surface area contributed by atoms with E-state index in [1.807, 2.05) is 13.0 Å². The maximum Gasteiger partial charge on any atom is 0.223 e. The van der Waals surface area contributed by atoms with Crippen molar-refractivity contribution in [1.82, 2.24) is 9.97 Å². The molecule has 0 N–H and O–H groups in total. The molecule has 0 amide bonds. The molecule has 0 unspecified atom stereocenters. The van der Waals surface area contributed by atoms with Gasteiger partial charge in [-0.2, -0.15) is 0 Å². The second-order valence-corrected chi connectivity index (χ2v) is 7.20. The molecular formula is C17H18ClN5O. The highest BCUT2D eigenvalue weighted by Gasteiger charge is 2.40. The van der Waals surface area contributed by atoms with Crippen LogP contribution in [0.5, 0.6) is 5.88 Å². The monoisotopic (exact) mass is 343 g/mol. The minimum absolute atomic E-state index is 0.248. The highest BCUT2D eigenvalue weighted by atomic mass is 35.5. The fourth-order valence-electron chi connectivity index (χ4n) is 3.35. The predicted octanol–water partition coefficient (Wildman–Crippen LogP) is 5.15. The van der Waals surface area contributed by atoms with Gasteiger partial charge in [0, 0.05) is 17.3 Å². The number of aromatic nitrogens is 2. The van der Waals surface area contributed by atoms with Crippen LogP contribution in [0, 0.1) is 5.92 Å². The van der Waals surface area contributed by atoms with Crippen molar-refractivity contribution >= 4 is 22.4 Å². The molecule has 0 aromatic carbocycles. The van der Waals surface area contributed by atoms with E-state index in [9.17, 15) is 0 Å². The van der Waals surface area contributed by atoms with E-state index in [-0.39, 0.29) is 6.10 Å². The van der Waals surface area contributed by atoms with Crippen LogP contribution >= 0.6 is 11.6 Å². The zero-order chi connectivity index (χ0) is 16.7. The first-order valence-electron chi connectivity index (χ1n) is 8.29. The summed E-state index contributed by atoms with van der Waals surface area (Å²) in [4.78, 5) is 11.8. The van der Waals surface area contributed by atoms with Gasteiger partial charge in [0.25, 0.3) is 0 Å². The molecule has 2 heterocycles. The largest absolute Gasteiger partial charge is 0.474 e. The van der Waals surface area contributed by atoms with Crippen LogP contribution in [0.3, 0.4) is 0 Å². The van der Waals surface area contributed by atoms with Crippen LogP contribution in [0.25, 0.3) is 21.2 Å². The van der Waals surface area contributed by atoms with Crippen molar-refractivity contribution in [2.75, 3.05) is 0 Å². The average molecular weight is 344 g/mol. The zero-order valence-electron chi connectivity index (χ0n) is 13.4. The van der Waals surface area contributed by atoms with Crippen molar-refractivity contribution in [2.24, 2.45) is 11.0 Å². The van der Waals surface area contributed by atoms with Crippen LogP contribution in [0.2, 0.25) is 5.15 Å². The Hall–Kier alpha value is -2.04. The zero-order valence-corrected chi connectivity index (χ0v) is 14.2. The Bertz CT molecular complexity index is 842. The Morgan fingerprint density at radius 2 is 2.04 bits per heavy atom. The van der Waals surface area contributed by atoms with E-state index in [0.717, 1.165) is 48.4 Å². The van der Waals surface area contributed by atoms with Crippen LogP contribution in [0.15, 0.2) is 23.6 Å². The third-order valence-electron chi connectivity index (χ3n) is 5.20. The van der Waals surface area contributed by atoms with Crippen molar-refractivity contribution < 1.29 is 4.74 Å². The maximum absolute atomic E-state index is 9.12. The molecule has 4 rings (SSSR count). The lowest BCUT2D eigenvalue weighted by Gasteiger charge is -2.40. The number of pyridine rings is 2. The second-order valence-electron chi connectivity index (χ2n) is 6.81. The summed E-state index contributed by atoms with van der Waals surface area (Å²) in [5.74, 6) is 0.901. The Kier molecular flexibility index (Phi) is 3.74. The molecule has 2 aromatic heterocycles. The fraction of sp³-hybridized carbons (Fsp3) is 0.529. The number of rotatable bonds is 5. The summed E-state index contributed by atoms with van der Waals surface area (Å²) < 4.78 is 5.91. The summed E-state index contributed by atoms with van der Waals surface area (Å²) in [6.07, 6.45) is 9.11. The van der Waals surface area contributed by atoms with Crippen LogP contribution < -0.4 is 4.74 Å². The van der Waals surface area contributed by atoms with Gasteiger partial charge < -0.3 is 4.74 Å². The van der Waals surface area contributed by atoms with Gasteiger partial charge >= 0.3 is 0 Å². The predicted molar refractivity (Wildman–Crippen MR) is 92.0 cm³/mol. The molecule has 6 nitrogen and oxygen atoms in total. The van der Waals surface area contributed by atoms with E-state index in [4.69, 9.17) is 21.9 Å². The van der Waals surface area contributed by atoms with Crippen molar-refractivity contribution in [2.45, 2.75) is 50.7 Å². The lowest BCUT2D eigenvalue weighted by atomic mass is 9.68. The Labute approximate surface area is 144 Å². The number of halogens is 1. The Morgan fingerprint density at radius 1 is 1.25 bits per heavy atom. The molecule has 0 radical (unpaired) electrons. The minimum Gasteiger partial charge on any atom is -0.474 e. The lowest BCUT2D eigenvalue weighted by molar-refractivity contribution is 0.184. The van der Waals surface area contributed by atoms with Crippen LogP contribution in [0.4, 0.5) is 0 Å². The third-order valence-corrected chi connectivity index (χ3v) is 5.41. The summed E-state index contributed by atoms with van der Waals surface area (Å²) in [5.41, 5.74) is 9.37. The summed E-state index contributed by atoms with van der Waals surface area (Å²) >= 11 is 6.14. The van der Waals surface area contributed by atoms with Gasteiger partial charge in [0.1, 0.15) is 11.3 Å². The standard InChI is InChI=1S/C17H18ClN5O/c1-17(22-23-19,10-3-2-4-10)14-9-21-16(24-11-5-6-11)13-8-20-15(18)7-12(13)14/h7-11H,2-6H2,1H3/t17-/m1/s1. The van der Waals surface area contributed by atoms with Gasteiger partial charge in [-0.15, -0.1) is 0 Å². The Morgan fingerprint density at radius 3 is 2.67 bits per heavy atom. The van der Waals surface area contributed by atoms with Gasteiger partial charge in [0.05, 0.1) is 10.9 Å². The molecule has 24 heavy (non-hydrogen) atoms. The maximum atomic E-state index is 9.12. The van der Waals surface area contributed by atoms with Crippen molar-refractivity contribution in [3.63, 3.8) is 0 Å². The highest BCUT2D eigenvalue weighted by Crippen LogP contribution is 2.48. The van der Waals surface area contributed by atoms with Gasteiger partial charge in [0.15, 0.2) is 0 Å². The van der Waals surface area contributed by atoms with Gasteiger partial charge in [-0.1, -0.05) is 23.1 Å². The van der Waals surface area contributed by atoms with Crippen molar-refractivity contribution in [3.8, 4) is 5.88 Å². The second kappa shape index (κ2) is 5.80. The van der Waals surface area contributed by atoms with Crippen molar-refractivity contribution in [3.05, 3.63) is 39.6 Å². The normalized spacial score (nSPS) is 20.1. The van der Waals surface area contributed by atoms with E-state index in [1.165, 1.54) is 0 Å². The number of ether oxygens (including phenoxy) is 1. The minimum atomic E-state index is -0.638. The van der Waals surface area contributed by atoms with Crippen molar-refractivity contribution in [1.29, 1.82) is 0 Å². The molecule has 7 heteroatoms. The number of hydrogen-bond donors (Lipinski definition) is 0. The number of nitrogens with zero attached hydrogens (tertiary/aromatic N) is 5. The van der Waals surface area contributed by atoms with E-state index in [2.05, 4.69) is 20.0 Å². The van der Waals surface area contributed by atoms with E-state index < -0.39 is 5.54 Å². The molecular weight excluding hydrogens is 326 g/mol. The van der Waals surface area contributed by atoms with Crippen LogP contribution in [0.1, 0.15) is 44.6 Å². The number of azide groups is 1. The molecule has 124 valence electrons. The smallest absolute Gasteiger partial charge is 0.223 e. The molecule has 0 saturated heterocycles. The number of fused-ring (bicyclic) bond motifs is 1. The molecule has 0 bridgehead atoms. The molecule has 0 aliphatic heterocycles. The molecule has 2 fully saturated rings. The third kappa shape index (κ3) is 2.56. The average Bonchev–Trinajstić information content (AvgIpc) is 3.29. The molecule has 1 atom stereocenters. The van der Waals surface area contributed by atoms with Gasteiger partial charge in [-0.05, 0) is 61.1 Å². The van der Waals surface area contributed by atoms with Gasteiger partial charge in [0.2, 0.25) is 5.88 Å². The van der Waals surface area contributed by atoms with Crippen LogP contribution in [-0.4, -0.2) is 16.1 Å².